The zero-order chi connectivity index (χ0) is 18.2. The maximum Gasteiger partial charge on any atom is 0.227 e. The van der Waals surface area contributed by atoms with Crippen LogP contribution >= 0.6 is 0 Å². The minimum Gasteiger partial charge on any atom is -0.497 e. The van der Waals surface area contributed by atoms with Crippen molar-refractivity contribution in [1.82, 2.24) is 5.32 Å². The normalized spacial score (nSPS) is 16.8. The van der Waals surface area contributed by atoms with Gasteiger partial charge in [0.15, 0.2) is 0 Å². The molecule has 1 aromatic carbocycles. The van der Waals surface area contributed by atoms with Gasteiger partial charge in [0.05, 0.1) is 25.8 Å². The van der Waals surface area contributed by atoms with Gasteiger partial charge < -0.3 is 24.4 Å². The van der Waals surface area contributed by atoms with Crippen molar-refractivity contribution in [3.05, 3.63) is 18.2 Å². The number of ether oxygens (including phenoxy) is 3. The molecule has 0 unspecified atom stereocenters. The monoisotopic (exact) mass is 350 g/mol. The zero-order valence-corrected chi connectivity index (χ0v) is 15.0. The van der Waals surface area contributed by atoms with Crippen molar-refractivity contribution in [2.24, 2.45) is 5.92 Å². The van der Waals surface area contributed by atoms with E-state index in [1.807, 2.05) is 6.92 Å². The molecule has 25 heavy (non-hydrogen) atoms. The average Bonchev–Trinajstić information content (AvgIpc) is 3.02. The van der Waals surface area contributed by atoms with Gasteiger partial charge in [-0.2, -0.15) is 0 Å². The molecule has 1 aliphatic heterocycles. The van der Waals surface area contributed by atoms with Crippen LogP contribution in [0.25, 0.3) is 0 Å². The summed E-state index contributed by atoms with van der Waals surface area (Å²) < 4.78 is 15.8. The van der Waals surface area contributed by atoms with Crippen molar-refractivity contribution in [3.8, 4) is 11.5 Å². The van der Waals surface area contributed by atoms with Gasteiger partial charge in [-0.25, -0.2) is 0 Å². The fraction of sp³-hybridized carbons (Fsp3) is 0.556. The standard InChI is InChI=1S/C18H26N2O5/c1-4-25-9-5-8-19-18(22)13-10-17(21)20(12-13)15-11-14(23-2)6-7-16(15)24-3/h6-7,11,13H,4-5,8-10,12H2,1-3H3,(H,19,22)/t13-/m0/s1. The third kappa shape index (κ3) is 4.85. The van der Waals surface area contributed by atoms with Crippen molar-refractivity contribution in [3.63, 3.8) is 0 Å². The highest BCUT2D eigenvalue weighted by atomic mass is 16.5. The summed E-state index contributed by atoms with van der Waals surface area (Å²) in [5.41, 5.74) is 0.624. The molecule has 1 heterocycles. The van der Waals surface area contributed by atoms with Crippen molar-refractivity contribution < 1.29 is 23.8 Å². The second kappa shape index (κ2) is 9.27. The summed E-state index contributed by atoms with van der Waals surface area (Å²) in [5, 5.41) is 2.87. The molecule has 1 fully saturated rings. The van der Waals surface area contributed by atoms with Gasteiger partial charge in [0.2, 0.25) is 11.8 Å². The van der Waals surface area contributed by atoms with E-state index in [9.17, 15) is 9.59 Å². The molecule has 0 saturated carbocycles. The van der Waals surface area contributed by atoms with Crippen LogP contribution in [0, 0.1) is 5.92 Å². The van der Waals surface area contributed by atoms with Crippen LogP contribution in [0.5, 0.6) is 11.5 Å². The number of anilines is 1. The molecular weight excluding hydrogens is 324 g/mol. The molecule has 0 aliphatic carbocycles. The Morgan fingerprint density at radius 1 is 1.32 bits per heavy atom. The molecule has 0 aromatic heterocycles. The van der Waals surface area contributed by atoms with E-state index in [4.69, 9.17) is 14.2 Å². The molecule has 1 aromatic rings. The molecule has 2 amide bonds. The van der Waals surface area contributed by atoms with Crippen LogP contribution in [-0.4, -0.2) is 52.3 Å². The predicted molar refractivity (Wildman–Crippen MR) is 94.1 cm³/mol. The van der Waals surface area contributed by atoms with E-state index in [1.54, 1.807) is 37.3 Å². The highest BCUT2D eigenvalue weighted by molar-refractivity contribution is 6.01. The van der Waals surface area contributed by atoms with Crippen LogP contribution in [0.2, 0.25) is 0 Å². The number of amides is 2. The number of hydrogen-bond acceptors (Lipinski definition) is 5. The molecule has 7 nitrogen and oxygen atoms in total. The fourth-order valence-corrected chi connectivity index (χ4v) is 2.80. The minimum atomic E-state index is -0.365. The molecule has 1 aliphatic rings. The SMILES string of the molecule is CCOCCCNC(=O)[C@H]1CC(=O)N(c2cc(OC)ccc2OC)C1. The molecule has 2 rings (SSSR count). The first-order chi connectivity index (χ1) is 12.1. The summed E-state index contributed by atoms with van der Waals surface area (Å²) in [5.74, 6) is 0.644. The van der Waals surface area contributed by atoms with Gasteiger partial charge >= 0.3 is 0 Å². The smallest absolute Gasteiger partial charge is 0.227 e. The number of rotatable bonds is 9. The number of carbonyl (C=O) groups is 2. The third-order valence-electron chi connectivity index (χ3n) is 4.14. The largest absolute Gasteiger partial charge is 0.497 e. The van der Waals surface area contributed by atoms with Crippen LogP contribution < -0.4 is 19.7 Å². The number of benzene rings is 1. The van der Waals surface area contributed by atoms with E-state index in [2.05, 4.69) is 5.32 Å². The second-order valence-corrected chi connectivity index (χ2v) is 5.78. The summed E-state index contributed by atoms with van der Waals surface area (Å²) >= 11 is 0. The van der Waals surface area contributed by atoms with E-state index in [1.165, 1.54) is 0 Å². The van der Waals surface area contributed by atoms with Gasteiger partial charge in [0.1, 0.15) is 11.5 Å². The Hall–Kier alpha value is -2.28. The van der Waals surface area contributed by atoms with Gasteiger partial charge in [-0.1, -0.05) is 0 Å². The minimum absolute atomic E-state index is 0.0963. The Balaban J connectivity index is 1.99. The lowest BCUT2D eigenvalue weighted by molar-refractivity contribution is -0.126. The number of methoxy groups -OCH3 is 2. The van der Waals surface area contributed by atoms with E-state index >= 15 is 0 Å². The highest BCUT2D eigenvalue weighted by Crippen LogP contribution is 2.35. The van der Waals surface area contributed by atoms with Crippen LogP contribution in [0.1, 0.15) is 19.8 Å². The fourth-order valence-electron chi connectivity index (χ4n) is 2.80. The maximum absolute atomic E-state index is 12.4. The Morgan fingerprint density at radius 3 is 2.80 bits per heavy atom. The molecule has 1 saturated heterocycles. The van der Waals surface area contributed by atoms with Crippen molar-refractivity contribution in [2.75, 3.05) is 45.4 Å². The van der Waals surface area contributed by atoms with Crippen LogP contribution in [-0.2, 0) is 14.3 Å². The van der Waals surface area contributed by atoms with Crippen LogP contribution in [0.4, 0.5) is 5.69 Å². The summed E-state index contributed by atoms with van der Waals surface area (Å²) in [4.78, 5) is 26.3. The number of nitrogens with one attached hydrogen (secondary N) is 1. The molecule has 1 N–H and O–H groups in total. The lowest BCUT2D eigenvalue weighted by atomic mass is 10.1. The van der Waals surface area contributed by atoms with Gasteiger partial charge in [-0.3, -0.25) is 9.59 Å². The van der Waals surface area contributed by atoms with Gasteiger partial charge in [-0.15, -0.1) is 0 Å². The first kappa shape index (κ1) is 19.1. The molecule has 0 radical (unpaired) electrons. The maximum atomic E-state index is 12.4. The molecule has 0 bridgehead atoms. The number of hydrogen-bond donors (Lipinski definition) is 1. The third-order valence-corrected chi connectivity index (χ3v) is 4.14. The Kier molecular flexibility index (Phi) is 7.06. The Labute approximate surface area is 148 Å². The summed E-state index contributed by atoms with van der Waals surface area (Å²) in [7, 11) is 3.12. The molecule has 7 heteroatoms. The average molecular weight is 350 g/mol. The summed E-state index contributed by atoms with van der Waals surface area (Å²) in [6.45, 7) is 4.10. The lowest BCUT2D eigenvalue weighted by Crippen LogP contribution is -2.34. The van der Waals surface area contributed by atoms with Crippen molar-refractivity contribution in [1.29, 1.82) is 0 Å². The first-order valence-electron chi connectivity index (χ1n) is 8.48. The number of nitrogens with zero attached hydrogens (tertiary/aromatic N) is 1. The Morgan fingerprint density at radius 2 is 2.12 bits per heavy atom. The van der Waals surface area contributed by atoms with Crippen molar-refractivity contribution >= 4 is 17.5 Å². The molecule has 0 spiro atoms. The second-order valence-electron chi connectivity index (χ2n) is 5.78. The van der Waals surface area contributed by atoms with E-state index in [-0.39, 0.29) is 24.2 Å². The summed E-state index contributed by atoms with van der Waals surface area (Å²) in [6.07, 6.45) is 0.950. The molecule has 138 valence electrons. The molecule has 1 atom stereocenters. The van der Waals surface area contributed by atoms with E-state index in [0.29, 0.717) is 43.5 Å². The van der Waals surface area contributed by atoms with E-state index < -0.39 is 0 Å². The lowest BCUT2D eigenvalue weighted by Gasteiger charge is -2.20. The van der Waals surface area contributed by atoms with Gasteiger partial charge in [0.25, 0.3) is 0 Å². The van der Waals surface area contributed by atoms with Crippen LogP contribution in [0.3, 0.4) is 0 Å². The topological polar surface area (TPSA) is 77.1 Å². The predicted octanol–water partition coefficient (Wildman–Crippen LogP) is 1.60. The Bertz CT molecular complexity index is 605. The van der Waals surface area contributed by atoms with E-state index in [0.717, 1.165) is 6.42 Å². The highest BCUT2D eigenvalue weighted by Gasteiger charge is 2.36. The first-order valence-corrected chi connectivity index (χ1v) is 8.48. The number of carbonyl (C=O) groups excluding carboxylic acids is 2. The molecular formula is C18H26N2O5. The van der Waals surface area contributed by atoms with Gasteiger partial charge in [0, 0.05) is 38.8 Å². The van der Waals surface area contributed by atoms with Crippen LogP contribution in [0.15, 0.2) is 18.2 Å². The summed E-state index contributed by atoms with van der Waals surface area (Å²) in [6, 6.07) is 5.27. The zero-order valence-electron chi connectivity index (χ0n) is 15.0. The van der Waals surface area contributed by atoms with Crippen molar-refractivity contribution in [2.45, 2.75) is 19.8 Å². The van der Waals surface area contributed by atoms with Gasteiger partial charge in [-0.05, 0) is 25.5 Å². The quantitative estimate of drug-likeness (QED) is 0.685.